The van der Waals surface area contributed by atoms with Gasteiger partial charge in [-0.15, -0.1) is 0 Å². The second-order valence-corrected chi connectivity index (χ2v) is 6.65. The number of carbonyl (C=O) groups is 2. The number of nitro groups is 1. The van der Waals surface area contributed by atoms with Crippen molar-refractivity contribution in [1.82, 2.24) is 10.7 Å². The highest BCUT2D eigenvalue weighted by Gasteiger charge is 2.19. The van der Waals surface area contributed by atoms with Crippen LogP contribution in [0.2, 0.25) is 0 Å². The first-order chi connectivity index (χ1) is 13.9. The molecule has 0 aliphatic rings. The largest absolute Gasteiger partial charge is 0.450 e. The van der Waals surface area contributed by atoms with E-state index in [1.165, 1.54) is 18.3 Å². The molecule has 152 valence electrons. The molecule has 9 nitrogen and oxygen atoms in total. The summed E-state index contributed by atoms with van der Waals surface area (Å²) in [6.07, 6.45) is 0.605. The van der Waals surface area contributed by atoms with Crippen molar-refractivity contribution in [1.29, 1.82) is 0 Å². The van der Waals surface area contributed by atoms with Gasteiger partial charge in [-0.3, -0.25) is 14.9 Å². The zero-order valence-corrected chi connectivity index (χ0v) is 17.1. The molecule has 29 heavy (non-hydrogen) atoms. The fourth-order valence-electron chi connectivity index (χ4n) is 2.41. The Bertz CT molecular complexity index is 905. The summed E-state index contributed by atoms with van der Waals surface area (Å²) in [5.41, 5.74) is 3.44. The van der Waals surface area contributed by atoms with Crippen LogP contribution in [-0.2, 0) is 9.53 Å². The van der Waals surface area contributed by atoms with Gasteiger partial charge in [-0.05, 0) is 34.5 Å². The highest BCUT2D eigenvalue weighted by atomic mass is 79.9. The Morgan fingerprint density at radius 3 is 2.66 bits per heavy atom. The number of hydrogen-bond acceptors (Lipinski definition) is 6. The zero-order chi connectivity index (χ0) is 21.2. The van der Waals surface area contributed by atoms with Crippen molar-refractivity contribution in [3.05, 3.63) is 74.2 Å². The van der Waals surface area contributed by atoms with Gasteiger partial charge in [-0.25, -0.2) is 10.2 Å². The molecule has 0 radical (unpaired) electrons. The summed E-state index contributed by atoms with van der Waals surface area (Å²) in [5.74, 6) is -0.446. The van der Waals surface area contributed by atoms with Crippen LogP contribution < -0.4 is 10.7 Å². The molecule has 2 aromatic rings. The Morgan fingerprint density at radius 2 is 2.00 bits per heavy atom. The molecule has 0 heterocycles. The Morgan fingerprint density at radius 1 is 1.28 bits per heavy atom. The average molecular weight is 463 g/mol. The first kappa shape index (κ1) is 22.0. The molecule has 0 aliphatic carbocycles. The highest BCUT2D eigenvalue weighted by Crippen LogP contribution is 2.25. The third-order valence-corrected chi connectivity index (χ3v) is 4.40. The third kappa shape index (κ3) is 7.00. The van der Waals surface area contributed by atoms with E-state index in [1.54, 1.807) is 37.3 Å². The lowest BCUT2D eigenvalue weighted by molar-refractivity contribution is -0.385. The van der Waals surface area contributed by atoms with Crippen molar-refractivity contribution in [3.8, 4) is 0 Å². The summed E-state index contributed by atoms with van der Waals surface area (Å²) >= 11 is 3.10. The molecule has 0 spiro atoms. The van der Waals surface area contributed by atoms with E-state index >= 15 is 0 Å². The summed E-state index contributed by atoms with van der Waals surface area (Å²) in [6, 6.07) is 12.9. The number of amides is 2. The van der Waals surface area contributed by atoms with Gasteiger partial charge in [0, 0.05) is 11.6 Å². The molecule has 1 atom stereocenters. The fraction of sp³-hybridized carbons (Fsp3) is 0.211. The Hall–Kier alpha value is -3.27. The van der Waals surface area contributed by atoms with E-state index in [2.05, 4.69) is 31.8 Å². The predicted octanol–water partition coefficient (Wildman–Crippen LogP) is 3.68. The van der Waals surface area contributed by atoms with E-state index in [0.717, 1.165) is 5.56 Å². The van der Waals surface area contributed by atoms with Crippen LogP contribution in [0.5, 0.6) is 0 Å². The number of alkyl carbamates (subject to hydrolysis) is 1. The smallest absolute Gasteiger partial charge is 0.407 e. The lowest BCUT2D eigenvalue weighted by Crippen LogP contribution is -2.33. The molecule has 2 rings (SSSR count). The monoisotopic (exact) mass is 462 g/mol. The SMILES string of the molecule is CCOC(=O)N[C@@H](CC(=O)N/N=C\c1ccc(Br)c([N+](=O)[O-])c1)c1ccccc1. The standard InChI is InChI=1S/C19H19BrN4O5/c1-2-29-19(26)22-16(14-6-4-3-5-7-14)11-18(25)23-21-12-13-8-9-15(20)17(10-13)24(27)28/h3-10,12,16H,2,11H2,1H3,(H,22,26)(H,23,25)/b21-12-/t16-/m0/s1. The van der Waals surface area contributed by atoms with Crippen molar-refractivity contribution in [2.24, 2.45) is 5.10 Å². The van der Waals surface area contributed by atoms with E-state index in [0.29, 0.717) is 10.0 Å². The summed E-state index contributed by atoms with van der Waals surface area (Å²) in [4.78, 5) is 34.5. The van der Waals surface area contributed by atoms with Crippen molar-refractivity contribution >= 4 is 39.8 Å². The average Bonchev–Trinajstić information content (AvgIpc) is 2.69. The van der Waals surface area contributed by atoms with Gasteiger partial charge in [0.25, 0.3) is 5.69 Å². The molecule has 0 aromatic heterocycles. The maximum absolute atomic E-state index is 12.3. The number of hydrazone groups is 1. The van der Waals surface area contributed by atoms with Crippen LogP contribution in [0.15, 0.2) is 58.1 Å². The van der Waals surface area contributed by atoms with Gasteiger partial charge in [-0.1, -0.05) is 36.4 Å². The number of nitrogens with zero attached hydrogens (tertiary/aromatic N) is 2. The lowest BCUT2D eigenvalue weighted by atomic mass is 10.0. The molecule has 0 bridgehead atoms. The van der Waals surface area contributed by atoms with Gasteiger partial charge in [0.2, 0.25) is 5.91 Å². The lowest BCUT2D eigenvalue weighted by Gasteiger charge is -2.18. The number of halogens is 1. The van der Waals surface area contributed by atoms with E-state index in [9.17, 15) is 19.7 Å². The number of rotatable bonds is 8. The highest BCUT2D eigenvalue weighted by molar-refractivity contribution is 9.10. The molecular formula is C19H19BrN4O5. The summed E-state index contributed by atoms with van der Waals surface area (Å²) in [5, 5.41) is 17.4. The van der Waals surface area contributed by atoms with Crippen molar-refractivity contribution in [3.63, 3.8) is 0 Å². The predicted molar refractivity (Wildman–Crippen MR) is 110 cm³/mol. The third-order valence-electron chi connectivity index (χ3n) is 3.73. The van der Waals surface area contributed by atoms with Gasteiger partial charge in [0.05, 0.1) is 34.7 Å². The van der Waals surface area contributed by atoms with E-state index < -0.39 is 23.0 Å². The second kappa shape index (κ2) is 10.9. The molecule has 0 unspecified atom stereocenters. The Kier molecular flexibility index (Phi) is 8.28. The second-order valence-electron chi connectivity index (χ2n) is 5.79. The van der Waals surface area contributed by atoms with Crippen LogP contribution in [0.1, 0.15) is 30.5 Å². The molecule has 0 fully saturated rings. The first-order valence-electron chi connectivity index (χ1n) is 8.64. The topological polar surface area (TPSA) is 123 Å². The van der Waals surface area contributed by atoms with Crippen LogP contribution in [0.3, 0.4) is 0 Å². The van der Waals surface area contributed by atoms with Gasteiger partial charge in [0.1, 0.15) is 0 Å². The zero-order valence-electron chi connectivity index (χ0n) is 15.5. The van der Waals surface area contributed by atoms with Crippen molar-refractivity contribution < 1.29 is 19.2 Å². The fourth-order valence-corrected chi connectivity index (χ4v) is 2.80. The van der Waals surface area contributed by atoms with Crippen LogP contribution in [-0.4, -0.2) is 29.7 Å². The van der Waals surface area contributed by atoms with Gasteiger partial charge >= 0.3 is 6.09 Å². The maximum Gasteiger partial charge on any atom is 0.407 e. The number of benzene rings is 2. The van der Waals surface area contributed by atoms with Crippen LogP contribution in [0, 0.1) is 10.1 Å². The van der Waals surface area contributed by atoms with Crippen LogP contribution in [0.25, 0.3) is 0 Å². The minimum Gasteiger partial charge on any atom is -0.450 e. The summed E-state index contributed by atoms with van der Waals surface area (Å²) in [6.45, 7) is 1.90. The molecule has 0 saturated carbocycles. The van der Waals surface area contributed by atoms with Gasteiger partial charge < -0.3 is 10.1 Å². The van der Waals surface area contributed by atoms with E-state index in [1.807, 2.05) is 6.07 Å². The Labute approximate surface area is 175 Å². The van der Waals surface area contributed by atoms with Crippen LogP contribution >= 0.6 is 15.9 Å². The molecular weight excluding hydrogens is 444 g/mol. The summed E-state index contributed by atoms with van der Waals surface area (Å²) in [7, 11) is 0. The molecule has 2 amide bonds. The summed E-state index contributed by atoms with van der Waals surface area (Å²) < 4.78 is 5.23. The van der Waals surface area contributed by atoms with Crippen molar-refractivity contribution in [2.45, 2.75) is 19.4 Å². The normalized spacial score (nSPS) is 11.7. The number of ether oxygens (including phenoxy) is 1. The minimum absolute atomic E-state index is 0.0688. The van der Waals surface area contributed by atoms with Gasteiger partial charge in [0.15, 0.2) is 0 Å². The molecule has 2 aromatic carbocycles. The van der Waals surface area contributed by atoms with Gasteiger partial charge in [-0.2, -0.15) is 5.10 Å². The number of carbonyl (C=O) groups excluding carboxylic acids is 2. The van der Waals surface area contributed by atoms with Crippen molar-refractivity contribution in [2.75, 3.05) is 6.61 Å². The van der Waals surface area contributed by atoms with Crippen LogP contribution in [0.4, 0.5) is 10.5 Å². The maximum atomic E-state index is 12.3. The number of nitro benzene ring substituents is 1. The van der Waals surface area contributed by atoms with E-state index in [-0.39, 0.29) is 18.7 Å². The molecule has 0 saturated heterocycles. The quantitative estimate of drug-likeness (QED) is 0.351. The minimum atomic E-state index is -0.625. The number of hydrogen-bond donors (Lipinski definition) is 2. The molecule has 0 aliphatic heterocycles. The Balaban J connectivity index is 2.02. The molecule has 2 N–H and O–H groups in total. The molecule has 10 heteroatoms. The van der Waals surface area contributed by atoms with E-state index in [4.69, 9.17) is 4.74 Å². The number of nitrogens with one attached hydrogen (secondary N) is 2. The first-order valence-corrected chi connectivity index (χ1v) is 9.44.